The van der Waals surface area contributed by atoms with Gasteiger partial charge in [0.25, 0.3) is 0 Å². The molecule has 1 saturated heterocycles. The van der Waals surface area contributed by atoms with E-state index >= 15 is 0 Å². The average Bonchev–Trinajstić information content (AvgIpc) is 3.39. The van der Waals surface area contributed by atoms with Crippen molar-refractivity contribution in [1.29, 1.82) is 0 Å². The topological polar surface area (TPSA) is 65.4 Å². The van der Waals surface area contributed by atoms with Gasteiger partial charge in [0.2, 0.25) is 0 Å². The van der Waals surface area contributed by atoms with Gasteiger partial charge in [-0.05, 0) is 36.7 Å². The number of nitrogens with one attached hydrogen (secondary N) is 2. The van der Waals surface area contributed by atoms with Crippen LogP contribution in [0.25, 0.3) is 11.3 Å². The van der Waals surface area contributed by atoms with Crippen LogP contribution in [-0.2, 0) is 13.0 Å². The smallest absolute Gasteiger partial charge is 0.320 e. The Labute approximate surface area is 200 Å². The highest BCUT2D eigenvalue weighted by atomic mass is 16.2. The van der Waals surface area contributed by atoms with Crippen LogP contribution in [-0.4, -0.2) is 65.4 Å². The number of benzene rings is 2. The first kappa shape index (κ1) is 22.2. The number of aromatic nitrogens is 2. The number of carbonyl (C=O) groups is 1. The van der Waals surface area contributed by atoms with Gasteiger partial charge in [0, 0.05) is 62.0 Å². The zero-order chi connectivity index (χ0) is 23.5. The highest BCUT2D eigenvalue weighted by molar-refractivity contribution is 5.90. The van der Waals surface area contributed by atoms with Crippen LogP contribution in [0.15, 0.2) is 48.7 Å². The van der Waals surface area contributed by atoms with Crippen molar-refractivity contribution < 1.29 is 4.79 Å². The molecule has 174 valence electrons. The van der Waals surface area contributed by atoms with Crippen LogP contribution in [0.2, 0.25) is 0 Å². The lowest BCUT2D eigenvalue weighted by Crippen LogP contribution is -2.43. The molecular weight excluding hydrogens is 424 g/mol. The molecule has 0 saturated carbocycles. The second-order valence-corrected chi connectivity index (χ2v) is 9.09. The second-order valence-electron chi connectivity index (χ2n) is 9.09. The monoisotopic (exact) mass is 454 g/mol. The fourth-order valence-corrected chi connectivity index (χ4v) is 4.59. The van der Waals surface area contributed by atoms with E-state index in [1.807, 2.05) is 37.4 Å². The summed E-state index contributed by atoms with van der Waals surface area (Å²) in [6, 6.07) is 17.3. The summed E-state index contributed by atoms with van der Waals surface area (Å²) in [6.07, 6.45) is 2.79. The summed E-state index contributed by atoms with van der Waals surface area (Å²) < 4.78 is 1.74. The molecule has 0 atom stereocenters. The van der Waals surface area contributed by atoms with Crippen LogP contribution >= 0.6 is 0 Å². The van der Waals surface area contributed by atoms with Gasteiger partial charge in [-0.1, -0.05) is 42.3 Å². The molecule has 1 aliphatic carbocycles. The SMILES string of the molecule is Cc1ccccc1NC(=O)NCC#Cn1ncc2c1-c1ccc(CN3CCN(C)CC3)cc1C2. The number of aryl methyl sites for hydroxylation is 1. The molecule has 34 heavy (non-hydrogen) atoms. The molecule has 1 fully saturated rings. The first-order chi connectivity index (χ1) is 16.6. The summed E-state index contributed by atoms with van der Waals surface area (Å²) in [5.41, 5.74) is 7.98. The number of hydrogen-bond acceptors (Lipinski definition) is 4. The van der Waals surface area contributed by atoms with Crippen molar-refractivity contribution in [3.63, 3.8) is 0 Å². The number of carbonyl (C=O) groups excluding carboxylic acids is 1. The Kier molecular flexibility index (Phi) is 6.35. The van der Waals surface area contributed by atoms with Gasteiger partial charge in [0.1, 0.15) is 0 Å². The minimum atomic E-state index is -0.271. The maximum Gasteiger partial charge on any atom is 0.320 e. The number of fused-ring (bicyclic) bond motifs is 3. The molecular formula is C27H30N6O. The van der Waals surface area contributed by atoms with E-state index in [4.69, 9.17) is 0 Å². The predicted molar refractivity (Wildman–Crippen MR) is 135 cm³/mol. The van der Waals surface area contributed by atoms with Crippen LogP contribution in [0, 0.1) is 18.9 Å². The fraction of sp³-hybridized carbons (Fsp3) is 0.333. The molecule has 1 aromatic heterocycles. The van der Waals surface area contributed by atoms with Gasteiger partial charge in [-0.2, -0.15) is 9.78 Å². The Bertz CT molecular complexity index is 1260. The van der Waals surface area contributed by atoms with Crippen molar-refractivity contribution in [3.8, 4) is 23.2 Å². The van der Waals surface area contributed by atoms with Gasteiger partial charge < -0.3 is 15.5 Å². The molecule has 5 rings (SSSR count). The number of likely N-dealkylation sites (N-methyl/N-ethyl adjacent to an activating group) is 1. The molecule has 2 heterocycles. The lowest BCUT2D eigenvalue weighted by atomic mass is 10.0. The maximum atomic E-state index is 12.1. The maximum absolute atomic E-state index is 12.1. The zero-order valence-corrected chi connectivity index (χ0v) is 19.8. The van der Waals surface area contributed by atoms with Crippen molar-refractivity contribution in [3.05, 3.63) is 70.9 Å². The van der Waals surface area contributed by atoms with E-state index in [1.54, 1.807) is 4.68 Å². The number of piperazine rings is 1. The third-order valence-corrected chi connectivity index (χ3v) is 6.57. The van der Waals surface area contributed by atoms with Crippen LogP contribution in [0.4, 0.5) is 10.5 Å². The molecule has 2 aliphatic rings. The molecule has 0 radical (unpaired) electrons. The van der Waals surface area contributed by atoms with Crippen molar-refractivity contribution in [1.82, 2.24) is 24.9 Å². The van der Waals surface area contributed by atoms with Crippen molar-refractivity contribution >= 4 is 11.7 Å². The van der Waals surface area contributed by atoms with Gasteiger partial charge in [0.05, 0.1) is 18.4 Å². The summed E-state index contributed by atoms with van der Waals surface area (Å²) in [5.74, 6) is 3.02. The number of urea groups is 1. The molecule has 2 N–H and O–H groups in total. The number of para-hydroxylation sites is 1. The molecule has 7 heteroatoms. The molecule has 1 aliphatic heterocycles. The molecule has 0 bridgehead atoms. The molecule has 3 aromatic rings. The normalized spacial score (nSPS) is 15.2. The van der Waals surface area contributed by atoms with Crippen LogP contribution in [0.3, 0.4) is 0 Å². The summed E-state index contributed by atoms with van der Waals surface area (Å²) >= 11 is 0. The third-order valence-electron chi connectivity index (χ3n) is 6.57. The van der Waals surface area contributed by atoms with E-state index in [1.165, 1.54) is 22.3 Å². The molecule has 2 amide bonds. The van der Waals surface area contributed by atoms with Crippen LogP contribution in [0.5, 0.6) is 0 Å². The largest absolute Gasteiger partial charge is 0.327 e. The highest BCUT2D eigenvalue weighted by Gasteiger charge is 2.24. The second kappa shape index (κ2) is 9.72. The highest BCUT2D eigenvalue weighted by Crippen LogP contribution is 2.36. The van der Waals surface area contributed by atoms with Gasteiger partial charge in [-0.15, -0.1) is 0 Å². The van der Waals surface area contributed by atoms with Crippen molar-refractivity contribution in [2.75, 3.05) is 45.1 Å². The molecule has 2 aromatic carbocycles. The Morgan fingerprint density at radius 3 is 2.74 bits per heavy atom. The fourth-order valence-electron chi connectivity index (χ4n) is 4.59. The lowest BCUT2D eigenvalue weighted by molar-refractivity contribution is 0.148. The summed E-state index contributed by atoms with van der Waals surface area (Å²) in [6.45, 7) is 7.70. The minimum Gasteiger partial charge on any atom is -0.327 e. The van der Waals surface area contributed by atoms with E-state index in [9.17, 15) is 4.79 Å². The van der Waals surface area contributed by atoms with E-state index < -0.39 is 0 Å². The van der Waals surface area contributed by atoms with Gasteiger partial charge in [0.15, 0.2) is 0 Å². The standard InChI is InChI=1S/C27H30N6O/c1-20-6-3-4-7-25(20)30-27(34)28-10-5-11-33-26-23(18-29-33)17-22-16-21(8-9-24(22)26)19-32-14-12-31(2)13-15-32/h3-4,6-9,16,18H,10,12-15,17,19H2,1-2H3,(H2,28,30,34). The lowest BCUT2D eigenvalue weighted by Gasteiger charge is -2.32. The Hall–Kier alpha value is -3.60. The van der Waals surface area contributed by atoms with Crippen LogP contribution in [0.1, 0.15) is 22.3 Å². The van der Waals surface area contributed by atoms with E-state index in [2.05, 4.69) is 62.7 Å². The molecule has 0 unspecified atom stereocenters. The Morgan fingerprint density at radius 1 is 1.09 bits per heavy atom. The van der Waals surface area contributed by atoms with Gasteiger partial charge >= 0.3 is 6.03 Å². The van der Waals surface area contributed by atoms with Crippen molar-refractivity contribution in [2.45, 2.75) is 19.9 Å². The molecule has 7 nitrogen and oxygen atoms in total. The Balaban J connectivity index is 1.21. The number of anilines is 1. The number of nitrogens with zero attached hydrogens (tertiary/aromatic N) is 4. The van der Waals surface area contributed by atoms with E-state index in [0.29, 0.717) is 0 Å². The van der Waals surface area contributed by atoms with Gasteiger partial charge in [-0.3, -0.25) is 4.90 Å². The van der Waals surface area contributed by atoms with E-state index in [0.717, 1.165) is 56.1 Å². The van der Waals surface area contributed by atoms with Crippen LogP contribution < -0.4 is 10.6 Å². The third kappa shape index (κ3) is 4.84. The summed E-state index contributed by atoms with van der Waals surface area (Å²) in [4.78, 5) is 17.1. The zero-order valence-electron chi connectivity index (χ0n) is 19.8. The average molecular weight is 455 g/mol. The molecule has 0 spiro atoms. The predicted octanol–water partition coefficient (Wildman–Crippen LogP) is 3.14. The minimum absolute atomic E-state index is 0.239. The number of amides is 2. The first-order valence-corrected chi connectivity index (χ1v) is 11.8. The first-order valence-electron chi connectivity index (χ1n) is 11.8. The van der Waals surface area contributed by atoms with Gasteiger partial charge in [-0.25, -0.2) is 4.79 Å². The Morgan fingerprint density at radius 2 is 1.91 bits per heavy atom. The van der Waals surface area contributed by atoms with E-state index in [-0.39, 0.29) is 12.6 Å². The summed E-state index contributed by atoms with van der Waals surface area (Å²) in [7, 11) is 2.19. The number of rotatable bonds is 4. The quantitative estimate of drug-likeness (QED) is 0.465. The number of hydrogen-bond donors (Lipinski definition) is 2. The van der Waals surface area contributed by atoms with Crippen molar-refractivity contribution in [2.24, 2.45) is 0 Å². The summed E-state index contributed by atoms with van der Waals surface area (Å²) in [5, 5.41) is 10.1.